The van der Waals surface area contributed by atoms with Crippen molar-refractivity contribution in [1.82, 2.24) is 0 Å². The molecule has 0 heteroatoms. The van der Waals surface area contributed by atoms with E-state index >= 15 is 0 Å². The molecule has 0 amide bonds. The minimum Gasteiger partial charge on any atom is -0.0654 e. The fourth-order valence-electron chi connectivity index (χ4n) is 4.94. The molecule has 0 aromatic rings. The third-order valence-corrected chi connectivity index (χ3v) is 7.15. The third kappa shape index (κ3) is 24.3. The Morgan fingerprint density at radius 3 is 0.800 bits per heavy atom. The highest BCUT2D eigenvalue weighted by Gasteiger charge is 2.08. The smallest absolute Gasteiger partial charge is 0.0414 e. The number of rotatable bonds is 26. The number of hydrogen-bond acceptors (Lipinski definition) is 0. The third-order valence-electron chi connectivity index (χ3n) is 7.15. The summed E-state index contributed by atoms with van der Waals surface area (Å²) in [5.74, 6) is 1.04. The van der Waals surface area contributed by atoms with Crippen molar-refractivity contribution in [2.45, 2.75) is 188 Å². The van der Waals surface area contributed by atoms with E-state index in [0.29, 0.717) is 0 Å². The summed E-state index contributed by atoms with van der Waals surface area (Å²) in [6.07, 6.45) is 38.3. The van der Waals surface area contributed by atoms with Crippen molar-refractivity contribution < 1.29 is 0 Å². The summed E-state index contributed by atoms with van der Waals surface area (Å²) >= 11 is 0. The molecule has 0 aliphatic carbocycles. The van der Waals surface area contributed by atoms with Gasteiger partial charge < -0.3 is 0 Å². The molecular weight excluding hydrogens is 360 g/mol. The molecule has 0 saturated carbocycles. The van der Waals surface area contributed by atoms with Gasteiger partial charge in [-0.05, 0) is 5.92 Å². The second-order valence-corrected chi connectivity index (χ2v) is 10.3. The molecule has 0 aliphatic heterocycles. The summed E-state index contributed by atoms with van der Waals surface area (Å²) in [5.41, 5.74) is 0. The molecule has 0 heterocycles. The van der Waals surface area contributed by atoms with Crippen LogP contribution in [0.5, 0.6) is 0 Å². The van der Waals surface area contributed by atoms with Gasteiger partial charge in [0.2, 0.25) is 0 Å². The van der Waals surface area contributed by atoms with Gasteiger partial charge in [-0.25, -0.2) is 0 Å². The Morgan fingerprint density at radius 1 is 0.267 bits per heavy atom. The minimum absolute atomic E-state index is 1.04. The molecule has 0 N–H and O–H groups in total. The van der Waals surface area contributed by atoms with Crippen molar-refractivity contribution >= 4 is 0 Å². The van der Waals surface area contributed by atoms with Crippen molar-refractivity contribution in [2.24, 2.45) is 5.92 Å². The lowest BCUT2D eigenvalue weighted by Crippen LogP contribution is -2.01. The van der Waals surface area contributed by atoms with E-state index in [-0.39, 0.29) is 0 Å². The van der Waals surface area contributed by atoms with Gasteiger partial charge in [0.1, 0.15) is 0 Å². The largest absolute Gasteiger partial charge is 0.0654 e. The van der Waals surface area contributed by atoms with E-state index in [1.807, 2.05) is 0 Å². The number of unbranched alkanes of at least 4 members (excludes halogenated alkanes) is 20. The zero-order valence-electron chi connectivity index (χ0n) is 22.0. The summed E-state index contributed by atoms with van der Waals surface area (Å²) in [6.45, 7) is 6.98. The fourth-order valence-corrected chi connectivity index (χ4v) is 4.94. The Labute approximate surface area is 193 Å². The van der Waals surface area contributed by atoms with E-state index in [4.69, 9.17) is 0 Å². The predicted molar refractivity (Wildman–Crippen MR) is 141 cm³/mol. The van der Waals surface area contributed by atoms with Gasteiger partial charge in [-0.15, -0.1) is 0 Å². The highest BCUT2D eigenvalue weighted by atomic mass is 14.1. The van der Waals surface area contributed by atoms with Crippen LogP contribution in [0.1, 0.15) is 188 Å². The topological polar surface area (TPSA) is 0 Å². The minimum atomic E-state index is 1.04. The monoisotopic (exact) mass is 422 g/mol. The molecule has 1 unspecified atom stereocenters. The second kappa shape index (κ2) is 27.0. The second-order valence-electron chi connectivity index (χ2n) is 10.3. The van der Waals surface area contributed by atoms with Gasteiger partial charge >= 0.3 is 0 Å². The Kier molecular flexibility index (Phi) is 27.0. The Hall–Kier alpha value is 0. The number of hydrogen-bond donors (Lipinski definition) is 0. The van der Waals surface area contributed by atoms with Crippen LogP contribution in [0.15, 0.2) is 0 Å². The summed E-state index contributed by atoms with van der Waals surface area (Å²) in [5, 5.41) is 0. The van der Waals surface area contributed by atoms with Crippen LogP contribution in [-0.4, -0.2) is 0 Å². The summed E-state index contributed by atoms with van der Waals surface area (Å²) in [7, 11) is 0. The van der Waals surface area contributed by atoms with Crippen LogP contribution in [0.2, 0.25) is 0 Å². The van der Waals surface area contributed by atoms with Crippen molar-refractivity contribution in [3.8, 4) is 0 Å². The molecule has 0 spiro atoms. The van der Waals surface area contributed by atoms with Gasteiger partial charge in [0, 0.05) is 0 Å². The van der Waals surface area contributed by atoms with Crippen LogP contribution >= 0.6 is 0 Å². The molecule has 0 saturated heterocycles. The standard InChI is InChI=1S/C30H62/c1-4-7-10-12-14-15-16-17-18-19-20-21-22-24-26-29-30(27-9-6-3)28-25-23-13-11-8-5-2/h30H,4-29H2,1-3H3. The molecule has 30 heavy (non-hydrogen) atoms. The zero-order chi connectivity index (χ0) is 22.0. The molecule has 0 radical (unpaired) electrons. The molecule has 0 bridgehead atoms. The Balaban J connectivity index is 3.41. The molecule has 0 fully saturated rings. The summed E-state index contributed by atoms with van der Waals surface area (Å²) < 4.78 is 0. The van der Waals surface area contributed by atoms with Crippen LogP contribution < -0.4 is 0 Å². The van der Waals surface area contributed by atoms with Crippen LogP contribution in [0.4, 0.5) is 0 Å². The van der Waals surface area contributed by atoms with Crippen molar-refractivity contribution in [3.63, 3.8) is 0 Å². The normalized spacial score (nSPS) is 12.5. The molecule has 0 rings (SSSR count). The van der Waals surface area contributed by atoms with Crippen molar-refractivity contribution in [1.29, 1.82) is 0 Å². The van der Waals surface area contributed by atoms with E-state index in [1.165, 1.54) is 167 Å². The van der Waals surface area contributed by atoms with Crippen molar-refractivity contribution in [3.05, 3.63) is 0 Å². The average Bonchev–Trinajstić information content (AvgIpc) is 2.76. The zero-order valence-corrected chi connectivity index (χ0v) is 22.0. The maximum absolute atomic E-state index is 2.36. The van der Waals surface area contributed by atoms with Crippen LogP contribution in [0, 0.1) is 5.92 Å². The lowest BCUT2D eigenvalue weighted by atomic mass is 9.90. The lowest BCUT2D eigenvalue weighted by molar-refractivity contribution is 0.370. The van der Waals surface area contributed by atoms with E-state index in [9.17, 15) is 0 Å². The van der Waals surface area contributed by atoms with Crippen LogP contribution in [-0.2, 0) is 0 Å². The van der Waals surface area contributed by atoms with Gasteiger partial charge in [-0.3, -0.25) is 0 Å². The lowest BCUT2D eigenvalue weighted by Gasteiger charge is -2.16. The van der Waals surface area contributed by atoms with Gasteiger partial charge in [-0.2, -0.15) is 0 Å². The first-order valence-corrected chi connectivity index (χ1v) is 14.8. The van der Waals surface area contributed by atoms with E-state index in [0.717, 1.165) is 5.92 Å². The summed E-state index contributed by atoms with van der Waals surface area (Å²) in [6, 6.07) is 0. The van der Waals surface area contributed by atoms with E-state index in [1.54, 1.807) is 0 Å². The van der Waals surface area contributed by atoms with Gasteiger partial charge in [0.15, 0.2) is 0 Å². The van der Waals surface area contributed by atoms with E-state index < -0.39 is 0 Å². The van der Waals surface area contributed by atoms with Gasteiger partial charge in [0.05, 0.1) is 0 Å². The quantitative estimate of drug-likeness (QED) is 0.122. The van der Waals surface area contributed by atoms with Crippen LogP contribution in [0.3, 0.4) is 0 Å². The summed E-state index contributed by atoms with van der Waals surface area (Å²) in [4.78, 5) is 0. The van der Waals surface area contributed by atoms with Crippen molar-refractivity contribution in [2.75, 3.05) is 0 Å². The van der Waals surface area contributed by atoms with Crippen LogP contribution in [0.25, 0.3) is 0 Å². The highest BCUT2D eigenvalue weighted by Crippen LogP contribution is 2.24. The SMILES string of the molecule is CCCCCCCCCCCCCCCCCC(CCCC)CCCCCCCC. The first-order valence-electron chi connectivity index (χ1n) is 14.8. The first kappa shape index (κ1) is 30.0. The van der Waals surface area contributed by atoms with Gasteiger partial charge in [0.25, 0.3) is 0 Å². The van der Waals surface area contributed by atoms with E-state index in [2.05, 4.69) is 20.8 Å². The molecule has 0 aliphatic rings. The molecule has 182 valence electrons. The first-order chi connectivity index (χ1) is 14.8. The molecular formula is C30H62. The molecule has 0 nitrogen and oxygen atoms in total. The Bertz CT molecular complexity index is 282. The maximum Gasteiger partial charge on any atom is -0.0414 e. The van der Waals surface area contributed by atoms with Gasteiger partial charge in [-0.1, -0.05) is 188 Å². The highest BCUT2D eigenvalue weighted by molar-refractivity contribution is 4.61. The predicted octanol–water partition coefficient (Wildman–Crippen LogP) is 11.8. The molecule has 1 atom stereocenters. The Morgan fingerprint density at radius 2 is 0.500 bits per heavy atom. The average molecular weight is 423 g/mol. The molecule has 0 aromatic carbocycles. The fraction of sp³-hybridized carbons (Fsp3) is 1.00. The maximum atomic E-state index is 2.36. The molecule has 0 aromatic heterocycles.